The standard InChI is InChI=1S/C24H29NO4/c1-19-8-7-11-21(18-19)29-17-6-5-12-22(26)25-15-13-24(14-16-25,23(27)28)20-9-3-2-4-10-20/h2-4,7-11,18H,5-6,12-17H2,1H3,(H,27,28). The first-order chi connectivity index (χ1) is 14.0. The van der Waals surface area contributed by atoms with E-state index in [1.165, 1.54) is 0 Å². The van der Waals surface area contributed by atoms with Crippen molar-refractivity contribution in [1.29, 1.82) is 0 Å². The second kappa shape index (κ2) is 9.59. The first kappa shape index (κ1) is 20.9. The zero-order valence-electron chi connectivity index (χ0n) is 17.0. The van der Waals surface area contributed by atoms with Crippen LogP contribution in [0.2, 0.25) is 0 Å². The van der Waals surface area contributed by atoms with Gasteiger partial charge in [-0.05, 0) is 55.9 Å². The maximum absolute atomic E-state index is 12.5. The number of unbranched alkanes of at least 4 members (excludes halogenated alkanes) is 1. The molecular formula is C24H29NO4. The van der Waals surface area contributed by atoms with Gasteiger partial charge in [0.2, 0.25) is 5.91 Å². The number of hydrogen-bond donors (Lipinski definition) is 1. The Morgan fingerprint density at radius 1 is 1.03 bits per heavy atom. The molecule has 0 aromatic heterocycles. The Morgan fingerprint density at radius 3 is 2.41 bits per heavy atom. The largest absolute Gasteiger partial charge is 0.494 e. The third-order valence-electron chi connectivity index (χ3n) is 5.75. The highest BCUT2D eigenvalue weighted by molar-refractivity contribution is 5.82. The smallest absolute Gasteiger partial charge is 0.314 e. The molecule has 1 heterocycles. The van der Waals surface area contributed by atoms with Crippen LogP contribution in [0.25, 0.3) is 0 Å². The molecule has 5 nitrogen and oxygen atoms in total. The second-order valence-corrected chi connectivity index (χ2v) is 7.76. The SMILES string of the molecule is Cc1cccc(OCCCCC(=O)N2CCC(C(=O)O)(c3ccccc3)CC2)c1. The molecular weight excluding hydrogens is 366 g/mol. The fourth-order valence-electron chi connectivity index (χ4n) is 3.95. The third kappa shape index (κ3) is 5.17. The number of carboxylic acid groups (broad SMARTS) is 1. The highest BCUT2D eigenvalue weighted by Crippen LogP contribution is 2.36. The van der Waals surface area contributed by atoms with Gasteiger partial charge in [0.05, 0.1) is 12.0 Å². The summed E-state index contributed by atoms with van der Waals surface area (Å²) in [6.45, 7) is 3.59. The molecule has 1 N–H and O–H groups in total. The maximum Gasteiger partial charge on any atom is 0.314 e. The number of hydrogen-bond acceptors (Lipinski definition) is 3. The number of carbonyl (C=O) groups excluding carboxylic acids is 1. The summed E-state index contributed by atoms with van der Waals surface area (Å²) < 4.78 is 5.73. The third-order valence-corrected chi connectivity index (χ3v) is 5.75. The van der Waals surface area contributed by atoms with Gasteiger partial charge in [-0.3, -0.25) is 9.59 Å². The number of amides is 1. The van der Waals surface area contributed by atoms with Gasteiger partial charge in [0.15, 0.2) is 0 Å². The van der Waals surface area contributed by atoms with Crippen molar-refractivity contribution in [2.24, 2.45) is 0 Å². The van der Waals surface area contributed by atoms with E-state index >= 15 is 0 Å². The molecule has 1 aliphatic heterocycles. The molecule has 0 spiro atoms. The van der Waals surface area contributed by atoms with E-state index in [-0.39, 0.29) is 5.91 Å². The lowest BCUT2D eigenvalue weighted by atomic mass is 9.73. The van der Waals surface area contributed by atoms with E-state index in [4.69, 9.17) is 4.74 Å². The summed E-state index contributed by atoms with van der Waals surface area (Å²) in [4.78, 5) is 26.4. The predicted octanol–water partition coefficient (Wildman–Crippen LogP) is 4.19. The first-order valence-corrected chi connectivity index (χ1v) is 10.3. The number of carboxylic acids is 1. The molecule has 0 unspecified atom stereocenters. The quantitative estimate of drug-likeness (QED) is 0.681. The van der Waals surface area contributed by atoms with Gasteiger partial charge in [0.25, 0.3) is 0 Å². The van der Waals surface area contributed by atoms with Crippen LogP contribution < -0.4 is 4.74 Å². The van der Waals surface area contributed by atoms with E-state index in [1.54, 1.807) is 0 Å². The van der Waals surface area contributed by atoms with Gasteiger partial charge in [-0.1, -0.05) is 42.5 Å². The van der Waals surface area contributed by atoms with Crippen LogP contribution in [-0.2, 0) is 15.0 Å². The summed E-state index contributed by atoms with van der Waals surface area (Å²) in [5.41, 5.74) is 1.10. The molecule has 0 bridgehead atoms. The Balaban J connectivity index is 1.43. The summed E-state index contributed by atoms with van der Waals surface area (Å²) in [6.07, 6.45) is 2.96. The van der Waals surface area contributed by atoms with E-state index in [0.717, 1.165) is 29.7 Å². The average Bonchev–Trinajstić information content (AvgIpc) is 2.74. The summed E-state index contributed by atoms with van der Waals surface area (Å²) in [7, 11) is 0. The molecule has 154 valence electrons. The topological polar surface area (TPSA) is 66.8 Å². The van der Waals surface area contributed by atoms with Crippen LogP contribution in [0.1, 0.15) is 43.2 Å². The molecule has 1 aliphatic rings. The molecule has 1 fully saturated rings. The van der Waals surface area contributed by atoms with Crippen molar-refractivity contribution in [2.75, 3.05) is 19.7 Å². The van der Waals surface area contributed by atoms with Gasteiger partial charge in [0.1, 0.15) is 5.75 Å². The van der Waals surface area contributed by atoms with Gasteiger partial charge in [-0.15, -0.1) is 0 Å². The Kier molecular flexibility index (Phi) is 6.91. The fourth-order valence-corrected chi connectivity index (χ4v) is 3.95. The van der Waals surface area contributed by atoms with Gasteiger partial charge in [-0.2, -0.15) is 0 Å². The molecule has 29 heavy (non-hydrogen) atoms. The summed E-state index contributed by atoms with van der Waals surface area (Å²) >= 11 is 0. The van der Waals surface area contributed by atoms with Crippen LogP contribution in [0, 0.1) is 6.92 Å². The molecule has 3 rings (SSSR count). The molecule has 0 radical (unpaired) electrons. The lowest BCUT2D eigenvalue weighted by Gasteiger charge is -2.39. The van der Waals surface area contributed by atoms with Crippen LogP contribution in [0.4, 0.5) is 0 Å². The molecule has 5 heteroatoms. The van der Waals surface area contributed by atoms with Crippen LogP contribution >= 0.6 is 0 Å². The zero-order valence-corrected chi connectivity index (χ0v) is 17.0. The summed E-state index contributed by atoms with van der Waals surface area (Å²) in [5.74, 6) is 0.162. The van der Waals surface area contributed by atoms with Crippen molar-refractivity contribution < 1.29 is 19.4 Å². The number of carbonyl (C=O) groups is 2. The zero-order chi connectivity index (χ0) is 20.7. The van der Waals surface area contributed by atoms with Crippen molar-refractivity contribution in [3.05, 3.63) is 65.7 Å². The molecule has 0 saturated carbocycles. The summed E-state index contributed by atoms with van der Waals surface area (Å²) in [6, 6.07) is 17.3. The molecule has 1 amide bonds. The monoisotopic (exact) mass is 395 g/mol. The van der Waals surface area contributed by atoms with Crippen molar-refractivity contribution in [3.8, 4) is 5.75 Å². The number of likely N-dealkylation sites (tertiary alicyclic amines) is 1. The van der Waals surface area contributed by atoms with E-state index in [1.807, 2.05) is 66.4 Å². The van der Waals surface area contributed by atoms with Crippen LogP contribution in [0.15, 0.2) is 54.6 Å². The van der Waals surface area contributed by atoms with E-state index in [2.05, 4.69) is 0 Å². The number of aliphatic carboxylic acids is 1. The molecule has 2 aromatic carbocycles. The number of aryl methyl sites for hydroxylation is 1. The highest BCUT2D eigenvalue weighted by atomic mass is 16.5. The second-order valence-electron chi connectivity index (χ2n) is 7.76. The number of nitrogens with zero attached hydrogens (tertiary/aromatic N) is 1. The van der Waals surface area contributed by atoms with Gasteiger partial charge >= 0.3 is 5.97 Å². The average molecular weight is 395 g/mol. The van der Waals surface area contributed by atoms with Crippen LogP contribution in [-0.4, -0.2) is 41.6 Å². The minimum absolute atomic E-state index is 0.104. The van der Waals surface area contributed by atoms with Gasteiger partial charge in [0, 0.05) is 19.5 Å². The van der Waals surface area contributed by atoms with Crippen molar-refractivity contribution in [1.82, 2.24) is 4.90 Å². The Morgan fingerprint density at radius 2 is 1.76 bits per heavy atom. The molecule has 1 saturated heterocycles. The van der Waals surface area contributed by atoms with Crippen LogP contribution in [0.3, 0.4) is 0 Å². The predicted molar refractivity (Wildman–Crippen MR) is 112 cm³/mol. The van der Waals surface area contributed by atoms with Crippen molar-refractivity contribution >= 4 is 11.9 Å². The number of rotatable bonds is 8. The van der Waals surface area contributed by atoms with Gasteiger partial charge in [-0.25, -0.2) is 0 Å². The minimum Gasteiger partial charge on any atom is -0.494 e. The minimum atomic E-state index is -0.889. The molecule has 0 atom stereocenters. The van der Waals surface area contributed by atoms with E-state index in [9.17, 15) is 14.7 Å². The normalized spacial score (nSPS) is 15.7. The Labute approximate surface area is 172 Å². The van der Waals surface area contributed by atoms with E-state index in [0.29, 0.717) is 39.0 Å². The maximum atomic E-state index is 12.5. The van der Waals surface area contributed by atoms with E-state index < -0.39 is 11.4 Å². The number of benzene rings is 2. The van der Waals surface area contributed by atoms with Crippen LogP contribution in [0.5, 0.6) is 5.75 Å². The Bertz CT molecular complexity index is 826. The molecule has 0 aliphatic carbocycles. The summed E-state index contributed by atoms with van der Waals surface area (Å²) in [5, 5.41) is 9.86. The number of ether oxygens (including phenoxy) is 1. The first-order valence-electron chi connectivity index (χ1n) is 10.3. The van der Waals surface area contributed by atoms with Crippen molar-refractivity contribution in [3.63, 3.8) is 0 Å². The number of piperidine rings is 1. The fraction of sp³-hybridized carbons (Fsp3) is 0.417. The highest BCUT2D eigenvalue weighted by Gasteiger charge is 2.43. The molecule has 2 aromatic rings. The van der Waals surface area contributed by atoms with Crippen molar-refractivity contribution in [2.45, 2.75) is 44.4 Å². The lowest BCUT2D eigenvalue weighted by Crippen LogP contribution is -2.49. The van der Waals surface area contributed by atoms with Gasteiger partial charge < -0.3 is 14.7 Å². The Hall–Kier alpha value is -2.82. The lowest BCUT2D eigenvalue weighted by molar-refractivity contribution is -0.148.